The largest absolute Gasteiger partial charge is 0.366 e. The highest BCUT2D eigenvalue weighted by atomic mass is 32.2. The van der Waals surface area contributed by atoms with Gasteiger partial charge in [-0.15, -0.1) is 0 Å². The molecule has 0 aromatic heterocycles. The molecule has 7 nitrogen and oxygen atoms in total. The maximum absolute atomic E-state index is 14.0. The molecular weight excluding hydrogens is 416 g/mol. The van der Waals surface area contributed by atoms with Gasteiger partial charge < -0.3 is 11.1 Å². The van der Waals surface area contributed by atoms with Crippen molar-refractivity contribution in [1.29, 1.82) is 0 Å². The van der Waals surface area contributed by atoms with Crippen LogP contribution in [-0.2, 0) is 20.6 Å². The number of halogens is 2. The van der Waals surface area contributed by atoms with Crippen LogP contribution in [0.15, 0.2) is 42.5 Å². The van der Waals surface area contributed by atoms with Crippen LogP contribution >= 0.6 is 0 Å². The molecule has 0 radical (unpaired) electrons. The molecule has 1 heterocycles. The van der Waals surface area contributed by atoms with E-state index in [4.69, 9.17) is 5.73 Å². The molecule has 1 aliphatic heterocycles. The zero-order valence-corrected chi connectivity index (χ0v) is 16.8. The zero-order chi connectivity index (χ0) is 21.9. The van der Waals surface area contributed by atoms with Crippen LogP contribution in [0.1, 0.15) is 28.8 Å². The number of sulfonamides is 1. The minimum absolute atomic E-state index is 0.124. The molecule has 2 aromatic rings. The topological polar surface area (TPSA) is 110 Å². The third-order valence-electron chi connectivity index (χ3n) is 4.99. The number of rotatable bonds is 6. The lowest BCUT2D eigenvalue weighted by Crippen LogP contribution is -2.42. The fraction of sp³-hybridized carbons (Fsp3) is 0.300. The van der Waals surface area contributed by atoms with E-state index in [2.05, 4.69) is 5.32 Å². The number of carbonyl (C=O) groups is 2. The molecule has 1 aliphatic rings. The molecule has 30 heavy (non-hydrogen) atoms. The van der Waals surface area contributed by atoms with E-state index in [0.29, 0.717) is 11.6 Å². The first-order chi connectivity index (χ1) is 14.2. The summed E-state index contributed by atoms with van der Waals surface area (Å²) in [4.78, 5) is 23.7. The number of hydrogen-bond donors (Lipinski definition) is 2. The second-order valence-electron chi connectivity index (χ2n) is 7.08. The lowest BCUT2D eigenvalue weighted by molar-refractivity contribution is -0.120. The predicted molar refractivity (Wildman–Crippen MR) is 107 cm³/mol. The Morgan fingerprint density at radius 1 is 1.07 bits per heavy atom. The SMILES string of the molecule is NC(=O)c1cc(NC(=O)C2CCN(S(=O)(=O)Cc3ccccc3)CC2)c(F)cc1F. The van der Waals surface area contributed by atoms with Crippen LogP contribution in [0.4, 0.5) is 14.5 Å². The molecular formula is C20H21F2N3O4S. The minimum Gasteiger partial charge on any atom is -0.366 e. The highest BCUT2D eigenvalue weighted by molar-refractivity contribution is 7.88. The number of carbonyl (C=O) groups excluding carboxylic acids is 2. The molecule has 0 aliphatic carbocycles. The Balaban J connectivity index is 1.62. The molecule has 2 aromatic carbocycles. The van der Waals surface area contributed by atoms with E-state index in [9.17, 15) is 26.8 Å². The van der Waals surface area contributed by atoms with Gasteiger partial charge in [0.2, 0.25) is 15.9 Å². The number of nitrogens with two attached hydrogens (primary N) is 1. The Hall–Kier alpha value is -2.85. The molecule has 3 N–H and O–H groups in total. The quantitative estimate of drug-likeness (QED) is 0.722. The van der Waals surface area contributed by atoms with E-state index in [1.165, 1.54) is 4.31 Å². The van der Waals surface area contributed by atoms with Gasteiger partial charge in [-0.1, -0.05) is 30.3 Å². The molecule has 10 heteroatoms. The van der Waals surface area contributed by atoms with Crippen LogP contribution in [0.2, 0.25) is 0 Å². The number of hydrogen-bond acceptors (Lipinski definition) is 4. The summed E-state index contributed by atoms with van der Waals surface area (Å²) in [5.41, 5.74) is 4.83. The Morgan fingerprint density at radius 2 is 1.70 bits per heavy atom. The summed E-state index contributed by atoms with van der Waals surface area (Å²) >= 11 is 0. The highest BCUT2D eigenvalue weighted by Crippen LogP contribution is 2.25. The normalized spacial score (nSPS) is 15.7. The fourth-order valence-corrected chi connectivity index (χ4v) is 4.90. The van der Waals surface area contributed by atoms with Gasteiger partial charge in [0.1, 0.15) is 11.6 Å². The van der Waals surface area contributed by atoms with E-state index in [0.717, 1.165) is 6.07 Å². The molecule has 1 saturated heterocycles. The molecule has 0 spiro atoms. The first kappa shape index (κ1) is 21.8. The maximum Gasteiger partial charge on any atom is 0.251 e. The third kappa shape index (κ3) is 5.00. The van der Waals surface area contributed by atoms with Gasteiger partial charge in [0.05, 0.1) is 17.0 Å². The van der Waals surface area contributed by atoms with E-state index in [1.807, 2.05) is 0 Å². The van der Waals surface area contributed by atoms with E-state index < -0.39 is 45.0 Å². The summed E-state index contributed by atoms with van der Waals surface area (Å²) in [5.74, 6) is -4.43. The fourth-order valence-electron chi connectivity index (χ4n) is 3.34. The van der Waals surface area contributed by atoms with Crippen LogP contribution < -0.4 is 11.1 Å². The molecule has 160 valence electrons. The van der Waals surface area contributed by atoms with Crippen LogP contribution in [0.5, 0.6) is 0 Å². The van der Waals surface area contributed by atoms with Crippen LogP contribution in [0.3, 0.4) is 0 Å². The zero-order valence-electron chi connectivity index (χ0n) is 16.0. The molecule has 0 unspecified atom stereocenters. The van der Waals surface area contributed by atoms with Crippen molar-refractivity contribution in [1.82, 2.24) is 4.31 Å². The summed E-state index contributed by atoms with van der Waals surface area (Å²) in [6.45, 7) is 0.317. The summed E-state index contributed by atoms with van der Waals surface area (Å²) in [5, 5.41) is 2.34. The number of anilines is 1. The Labute approximate surface area is 172 Å². The second kappa shape index (κ2) is 8.88. The lowest BCUT2D eigenvalue weighted by atomic mass is 9.97. The van der Waals surface area contributed by atoms with Crippen molar-refractivity contribution >= 4 is 27.5 Å². The number of nitrogens with one attached hydrogen (secondary N) is 1. The van der Waals surface area contributed by atoms with E-state index in [1.54, 1.807) is 30.3 Å². The van der Waals surface area contributed by atoms with Crippen molar-refractivity contribution in [3.8, 4) is 0 Å². The number of benzene rings is 2. The van der Waals surface area contributed by atoms with Gasteiger partial charge in [0.25, 0.3) is 5.91 Å². The molecule has 2 amide bonds. The number of nitrogens with zero attached hydrogens (tertiary/aromatic N) is 1. The van der Waals surface area contributed by atoms with E-state index >= 15 is 0 Å². The Morgan fingerprint density at radius 3 is 2.30 bits per heavy atom. The van der Waals surface area contributed by atoms with Crippen molar-refractivity contribution in [2.45, 2.75) is 18.6 Å². The highest BCUT2D eigenvalue weighted by Gasteiger charge is 2.31. The third-order valence-corrected chi connectivity index (χ3v) is 6.84. The average Bonchev–Trinajstić information content (AvgIpc) is 2.70. The minimum atomic E-state index is -3.52. The summed E-state index contributed by atoms with van der Waals surface area (Å²) < 4.78 is 54.1. The average molecular weight is 437 g/mol. The van der Waals surface area contributed by atoms with Crippen molar-refractivity contribution in [2.75, 3.05) is 18.4 Å². The van der Waals surface area contributed by atoms with Crippen molar-refractivity contribution in [3.05, 3.63) is 65.2 Å². The Bertz CT molecular complexity index is 1050. The van der Waals surface area contributed by atoms with E-state index in [-0.39, 0.29) is 37.4 Å². The van der Waals surface area contributed by atoms with Crippen LogP contribution in [-0.4, -0.2) is 37.6 Å². The van der Waals surface area contributed by atoms with Gasteiger partial charge in [0, 0.05) is 25.1 Å². The van der Waals surface area contributed by atoms with Gasteiger partial charge in [-0.3, -0.25) is 9.59 Å². The van der Waals surface area contributed by atoms with Crippen LogP contribution in [0.25, 0.3) is 0 Å². The van der Waals surface area contributed by atoms with Gasteiger partial charge in [-0.25, -0.2) is 21.5 Å². The number of amides is 2. The molecule has 1 fully saturated rings. The maximum atomic E-state index is 14.0. The molecule has 3 rings (SSSR count). The van der Waals surface area contributed by atoms with Crippen molar-refractivity contribution in [3.63, 3.8) is 0 Å². The monoisotopic (exact) mass is 437 g/mol. The first-order valence-corrected chi connectivity index (χ1v) is 10.9. The molecule has 0 saturated carbocycles. The van der Waals surface area contributed by atoms with Gasteiger partial charge in [0.15, 0.2) is 0 Å². The molecule has 0 atom stereocenters. The summed E-state index contributed by atoms with van der Waals surface area (Å²) in [6.07, 6.45) is 0.511. The van der Waals surface area contributed by atoms with Gasteiger partial charge in [-0.05, 0) is 24.5 Å². The van der Waals surface area contributed by atoms with Crippen LogP contribution in [0, 0.1) is 17.6 Å². The smallest absolute Gasteiger partial charge is 0.251 e. The van der Waals surface area contributed by atoms with Crippen molar-refractivity contribution < 1.29 is 26.8 Å². The number of piperidine rings is 1. The summed E-state index contributed by atoms with van der Waals surface area (Å²) in [6, 6.07) is 10.1. The molecule has 0 bridgehead atoms. The Kier molecular flexibility index (Phi) is 6.47. The van der Waals surface area contributed by atoms with Crippen molar-refractivity contribution in [2.24, 2.45) is 11.7 Å². The second-order valence-corrected chi connectivity index (χ2v) is 9.05. The van der Waals surface area contributed by atoms with Gasteiger partial charge in [-0.2, -0.15) is 0 Å². The van der Waals surface area contributed by atoms with Gasteiger partial charge >= 0.3 is 0 Å². The predicted octanol–water partition coefficient (Wildman–Crippen LogP) is 2.24. The first-order valence-electron chi connectivity index (χ1n) is 9.29. The summed E-state index contributed by atoms with van der Waals surface area (Å²) in [7, 11) is -3.52. The lowest BCUT2D eigenvalue weighted by Gasteiger charge is -2.30. The standard InChI is InChI=1S/C20H21F2N3O4S/c21-16-11-17(22)18(10-15(16)19(23)26)24-20(27)14-6-8-25(9-7-14)30(28,29)12-13-4-2-1-3-5-13/h1-5,10-11,14H,6-9,12H2,(H2,23,26)(H,24,27). The number of primary amides is 1.